The summed E-state index contributed by atoms with van der Waals surface area (Å²) in [5.74, 6) is -0.337. The van der Waals surface area contributed by atoms with Crippen molar-refractivity contribution in [2.75, 3.05) is 0 Å². The van der Waals surface area contributed by atoms with Crippen molar-refractivity contribution in [3.63, 3.8) is 0 Å². The van der Waals surface area contributed by atoms with Crippen LogP contribution in [-0.4, -0.2) is 23.0 Å². The maximum atomic E-state index is 11.5. The van der Waals surface area contributed by atoms with Crippen molar-refractivity contribution >= 4 is 11.7 Å². The Morgan fingerprint density at radius 1 is 1.80 bits per heavy atom. The summed E-state index contributed by atoms with van der Waals surface area (Å²) in [5.41, 5.74) is 5.79. The van der Waals surface area contributed by atoms with E-state index in [1.807, 2.05) is 6.92 Å². The quantitative estimate of drug-likeness (QED) is 0.293. The number of carbonyl (C=O) groups is 1. The summed E-state index contributed by atoms with van der Waals surface area (Å²) in [5, 5.41) is 13.9. The third-order valence-corrected chi connectivity index (χ3v) is 1.97. The number of rotatable bonds is 4. The fourth-order valence-electron chi connectivity index (χ4n) is 1.09. The normalized spacial score (nSPS) is 13.5. The summed E-state index contributed by atoms with van der Waals surface area (Å²) < 4.78 is 4.77. The van der Waals surface area contributed by atoms with Crippen molar-refractivity contribution in [1.29, 1.82) is 0 Å². The van der Waals surface area contributed by atoms with E-state index in [0.29, 0.717) is 12.0 Å². The Bertz CT molecular complexity index is 345. The zero-order chi connectivity index (χ0) is 11.3. The summed E-state index contributed by atoms with van der Waals surface area (Å²) in [7, 11) is 0. The van der Waals surface area contributed by atoms with Crippen LogP contribution in [-0.2, 0) is 0 Å². The minimum absolute atomic E-state index is 0.0191. The van der Waals surface area contributed by atoms with Crippen molar-refractivity contribution in [3.8, 4) is 0 Å². The predicted octanol–water partition coefficient (Wildman–Crippen LogP) is 0.534. The van der Waals surface area contributed by atoms with Gasteiger partial charge < -0.3 is 20.7 Å². The van der Waals surface area contributed by atoms with Crippen LogP contribution in [0.4, 0.5) is 0 Å². The number of furan rings is 1. The summed E-state index contributed by atoms with van der Waals surface area (Å²) in [4.78, 5) is 11.5. The van der Waals surface area contributed by atoms with Gasteiger partial charge in [-0.1, -0.05) is 12.1 Å². The van der Waals surface area contributed by atoms with Crippen LogP contribution in [0.15, 0.2) is 28.2 Å². The first-order valence-corrected chi connectivity index (χ1v) is 4.49. The van der Waals surface area contributed by atoms with Gasteiger partial charge in [0, 0.05) is 0 Å². The van der Waals surface area contributed by atoms with Crippen LogP contribution in [0, 0.1) is 0 Å². The molecule has 1 rings (SSSR count). The van der Waals surface area contributed by atoms with Gasteiger partial charge in [-0.25, -0.2) is 0 Å². The number of nitrogens with zero attached hydrogens (tertiary/aromatic N) is 1. The van der Waals surface area contributed by atoms with E-state index in [0.717, 1.165) is 0 Å². The summed E-state index contributed by atoms with van der Waals surface area (Å²) >= 11 is 0. The molecule has 0 saturated heterocycles. The molecule has 0 saturated carbocycles. The number of oxime groups is 1. The molecule has 0 aliphatic rings. The lowest BCUT2D eigenvalue weighted by Gasteiger charge is -2.14. The molecule has 4 N–H and O–H groups in total. The second-order valence-corrected chi connectivity index (χ2v) is 2.97. The van der Waals surface area contributed by atoms with Crippen molar-refractivity contribution in [2.45, 2.75) is 19.4 Å². The number of amides is 1. The van der Waals surface area contributed by atoms with Crippen molar-refractivity contribution in [3.05, 3.63) is 24.2 Å². The molecule has 0 aromatic carbocycles. The Morgan fingerprint density at radius 2 is 2.53 bits per heavy atom. The number of amidine groups is 1. The fourth-order valence-corrected chi connectivity index (χ4v) is 1.09. The number of nitrogens with one attached hydrogen (secondary N) is 1. The third-order valence-electron chi connectivity index (χ3n) is 1.97. The molecular formula is C9H13N3O3. The van der Waals surface area contributed by atoms with Crippen molar-refractivity contribution < 1.29 is 14.4 Å². The Hall–Kier alpha value is -1.98. The number of hydrogen-bond acceptors (Lipinski definition) is 4. The zero-order valence-corrected chi connectivity index (χ0v) is 8.30. The second kappa shape index (κ2) is 5.04. The van der Waals surface area contributed by atoms with Gasteiger partial charge in [0.05, 0.1) is 17.9 Å². The lowest BCUT2D eigenvalue weighted by molar-refractivity contribution is 0.0945. The first-order valence-electron chi connectivity index (χ1n) is 4.49. The second-order valence-electron chi connectivity index (χ2n) is 2.97. The molecule has 1 heterocycles. The van der Waals surface area contributed by atoms with Crippen LogP contribution in [0.25, 0.3) is 0 Å². The summed E-state index contributed by atoms with van der Waals surface area (Å²) in [6.07, 6.45) is 3.27. The first-order chi connectivity index (χ1) is 7.19. The summed E-state index contributed by atoms with van der Waals surface area (Å²) in [6.45, 7) is 1.82. The van der Waals surface area contributed by atoms with Crippen LogP contribution in [0.5, 0.6) is 0 Å². The van der Waals surface area contributed by atoms with Crippen LogP contribution in [0.3, 0.4) is 0 Å². The minimum Gasteiger partial charge on any atom is -0.472 e. The van der Waals surface area contributed by atoms with Crippen LogP contribution >= 0.6 is 0 Å². The third kappa shape index (κ3) is 2.73. The van der Waals surface area contributed by atoms with E-state index in [4.69, 9.17) is 15.4 Å². The molecule has 0 aliphatic carbocycles. The van der Waals surface area contributed by atoms with E-state index < -0.39 is 6.04 Å². The lowest BCUT2D eigenvalue weighted by Crippen LogP contribution is -2.44. The molecule has 0 fully saturated rings. The Morgan fingerprint density at radius 3 is 3.00 bits per heavy atom. The van der Waals surface area contributed by atoms with Gasteiger partial charge in [-0.15, -0.1) is 0 Å². The average molecular weight is 211 g/mol. The molecule has 6 heteroatoms. The predicted molar refractivity (Wildman–Crippen MR) is 53.7 cm³/mol. The monoisotopic (exact) mass is 211 g/mol. The van der Waals surface area contributed by atoms with Crippen LogP contribution < -0.4 is 11.1 Å². The lowest BCUT2D eigenvalue weighted by atomic mass is 10.2. The average Bonchev–Trinajstić information content (AvgIpc) is 2.77. The van der Waals surface area contributed by atoms with Gasteiger partial charge in [0.1, 0.15) is 6.26 Å². The van der Waals surface area contributed by atoms with Gasteiger partial charge in [0.25, 0.3) is 5.91 Å². The Kier molecular flexibility index (Phi) is 3.73. The maximum Gasteiger partial charge on any atom is 0.255 e. The minimum atomic E-state index is -0.475. The summed E-state index contributed by atoms with van der Waals surface area (Å²) in [6, 6.07) is 1.06. The van der Waals surface area contributed by atoms with Crippen molar-refractivity contribution in [2.24, 2.45) is 10.9 Å². The van der Waals surface area contributed by atoms with Gasteiger partial charge in [-0.2, -0.15) is 0 Å². The molecule has 1 unspecified atom stereocenters. The fraction of sp³-hybridized carbons (Fsp3) is 0.333. The molecule has 0 aliphatic heterocycles. The largest absolute Gasteiger partial charge is 0.472 e. The highest BCUT2D eigenvalue weighted by Gasteiger charge is 2.16. The molecule has 1 atom stereocenters. The van der Waals surface area contributed by atoms with E-state index in [1.165, 1.54) is 18.6 Å². The van der Waals surface area contributed by atoms with Gasteiger partial charge in [-0.05, 0) is 12.5 Å². The van der Waals surface area contributed by atoms with Gasteiger partial charge >= 0.3 is 0 Å². The molecule has 1 aromatic heterocycles. The Labute approximate surface area is 86.7 Å². The van der Waals surface area contributed by atoms with Crippen LogP contribution in [0.2, 0.25) is 0 Å². The zero-order valence-electron chi connectivity index (χ0n) is 8.30. The van der Waals surface area contributed by atoms with Gasteiger partial charge in [0.2, 0.25) is 0 Å². The van der Waals surface area contributed by atoms with E-state index in [-0.39, 0.29) is 11.7 Å². The highest BCUT2D eigenvalue weighted by Crippen LogP contribution is 2.01. The molecule has 0 radical (unpaired) electrons. The number of hydrogen-bond donors (Lipinski definition) is 3. The van der Waals surface area contributed by atoms with Gasteiger partial charge in [-0.3, -0.25) is 4.79 Å². The number of carbonyl (C=O) groups excluding carboxylic acids is 1. The topological polar surface area (TPSA) is 101 Å². The molecule has 82 valence electrons. The van der Waals surface area contributed by atoms with Crippen LogP contribution in [0.1, 0.15) is 23.7 Å². The van der Waals surface area contributed by atoms with Gasteiger partial charge in [0.15, 0.2) is 5.84 Å². The molecule has 1 amide bonds. The smallest absolute Gasteiger partial charge is 0.255 e. The van der Waals surface area contributed by atoms with Crippen molar-refractivity contribution in [1.82, 2.24) is 5.32 Å². The molecule has 1 aromatic rings. The van der Waals surface area contributed by atoms with E-state index >= 15 is 0 Å². The molecule has 15 heavy (non-hydrogen) atoms. The molecule has 0 bridgehead atoms. The van der Waals surface area contributed by atoms with E-state index in [9.17, 15) is 4.79 Å². The molecule has 6 nitrogen and oxygen atoms in total. The first kappa shape index (κ1) is 11.1. The Balaban J connectivity index is 2.64. The standard InChI is InChI=1S/C9H13N3O3/c1-2-7(8(10)12-14)11-9(13)6-3-4-15-5-6/h3-5,7,14H,2H2,1H3,(H2,10,12)(H,11,13). The maximum absolute atomic E-state index is 11.5. The molecular weight excluding hydrogens is 198 g/mol. The van der Waals surface area contributed by atoms with E-state index in [1.54, 1.807) is 0 Å². The SMILES string of the molecule is CCC(NC(=O)c1ccoc1)/C(N)=N/O. The highest BCUT2D eigenvalue weighted by atomic mass is 16.4. The highest BCUT2D eigenvalue weighted by molar-refractivity contribution is 5.97. The number of nitrogens with two attached hydrogens (primary N) is 1. The molecule has 0 spiro atoms. The van der Waals surface area contributed by atoms with E-state index in [2.05, 4.69) is 10.5 Å².